The maximum Gasteiger partial charge on any atom is 0.159 e. The van der Waals surface area contributed by atoms with Crippen LogP contribution in [0.15, 0.2) is 64.5 Å². The quantitative estimate of drug-likeness (QED) is 0.234. The second-order valence-electron chi connectivity index (χ2n) is 7.29. The molecule has 1 rings (SSSR count). The molecule has 1 saturated carbocycles. The molecule has 0 heterocycles. The van der Waals surface area contributed by atoms with Crippen molar-refractivity contribution in [2.24, 2.45) is 10.7 Å². The van der Waals surface area contributed by atoms with Gasteiger partial charge in [0.25, 0.3) is 0 Å². The second kappa shape index (κ2) is 25.1. The summed E-state index contributed by atoms with van der Waals surface area (Å²) in [5.74, 6) is -0.0192. The summed E-state index contributed by atoms with van der Waals surface area (Å²) >= 11 is 0. The lowest BCUT2D eigenvalue weighted by molar-refractivity contribution is -0.113. The smallest absolute Gasteiger partial charge is 0.159 e. The second-order valence-corrected chi connectivity index (χ2v) is 7.29. The number of unbranched alkanes of at least 4 members (excludes halogenated alkanes) is 1. The molecule has 1 aliphatic carbocycles. The van der Waals surface area contributed by atoms with E-state index in [1.165, 1.54) is 39.0 Å². The predicted octanol–water partition coefficient (Wildman–Crippen LogP) is 7.88. The van der Waals surface area contributed by atoms with Gasteiger partial charge in [-0.05, 0) is 45.8 Å². The molecule has 0 spiro atoms. The molecule has 1 fully saturated rings. The topological polar surface area (TPSA) is 64.7 Å². The van der Waals surface area contributed by atoms with Crippen molar-refractivity contribution in [2.75, 3.05) is 14.2 Å². The number of ketones is 1. The van der Waals surface area contributed by atoms with Crippen molar-refractivity contribution < 1.29 is 9.53 Å². The average molecular weight is 447 g/mol. The van der Waals surface area contributed by atoms with Gasteiger partial charge in [-0.2, -0.15) is 0 Å². The molecule has 0 unspecified atom stereocenters. The molecule has 0 atom stereocenters. The average Bonchev–Trinajstić information content (AvgIpc) is 3.36. The number of hydrogen-bond donors (Lipinski definition) is 1. The van der Waals surface area contributed by atoms with Crippen LogP contribution in [0.25, 0.3) is 0 Å². The van der Waals surface area contributed by atoms with Gasteiger partial charge in [-0.3, -0.25) is 9.79 Å². The summed E-state index contributed by atoms with van der Waals surface area (Å²) in [5, 5.41) is 0. The molecule has 0 amide bonds. The number of ether oxygens (including phenoxy) is 1. The van der Waals surface area contributed by atoms with Crippen molar-refractivity contribution in [3.63, 3.8) is 0 Å². The number of aliphatic imine (C=N–C) groups is 1. The lowest BCUT2D eigenvalue weighted by atomic mass is 10.1. The monoisotopic (exact) mass is 446 g/mol. The zero-order valence-electron chi connectivity index (χ0n) is 22.4. The molecule has 0 aromatic heterocycles. The number of rotatable bonds is 8. The molecule has 32 heavy (non-hydrogen) atoms. The van der Waals surface area contributed by atoms with Crippen molar-refractivity contribution in [3.05, 3.63) is 59.5 Å². The van der Waals surface area contributed by atoms with Gasteiger partial charge in [0, 0.05) is 19.8 Å². The van der Waals surface area contributed by atoms with Gasteiger partial charge in [-0.1, -0.05) is 90.2 Å². The number of carbonyl (C=O) groups excluding carboxylic acids is 1. The molecule has 0 aliphatic heterocycles. The molecule has 4 heteroatoms. The summed E-state index contributed by atoms with van der Waals surface area (Å²) in [6, 6.07) is 0. The van der Waals surface area contributed by atoms with Crippen molar-refractivity contribution in [1.29, 1.82) is 0 Å². The largest absolute Gasteiger partial charge is 0.397 e. The Kier molecular flexibility index (Phi) is 27.0. The van der Waals surface area contributed by atoms with E-state index in [0.29, 0.717) is 22.7 Å². The summed E-state index contributed by atoms with van der Waals surface area (Å²) in [7, 11) is 3.25. The Bertz CT molecular complexity index is 639. The van der Waals surface area contributed by atoms with E-state index >= 15 is 0 Å². The van der Waals surface area contributed by atoms with Gasteiger partial charge in [0.1, 0.15) is 0 Å². The Morgan fingerprint density at radius 1 is 1.06 bits per heavy atom. The predicted molar refractivity (Wildman–Crippen MR) is 144 cm³/mol. The van der Waals surface area contributed by atoms with Crippen LogP contribution in [0.1, 0.15) is 93.4 Å². The fourth-order valence-corrected chi connectivity index (χ4v) is 2.47. The molecule has 4 nitrogen and oxygen atoms in total. The van der Waals surface area contributed by atoms with E-state index in [4.69, 9.17) is 5.73 Å². The molecule has 0 saturated heterocycles. The van der Waals surface area contributed by atoms with Gasteiger partial charge in [-0.15, -0.1) is 0 Å². The third-order valence-electron chi connectivity index (χ3n) is 4.39. The summed E-state index contributed by atoms with van der Waals surface area (Å²) in [5.41, 5.74) is 9.33. The maximum atomic E-state index is 11.4. The Hall–Kier alpha value is -2.20. The SMILES string of the molecule is C1CCCC1.C=C(N=C(C)/C(N)=C\C(=C/C)C(C)=O)/C(C)=C/C=C\CCC.CC.COC. The number of nitrogens with zero attached hydrogens (tertiary/aromatic N) is 1. The van der Waals surface area contributed by atoms with Crippen LogP contribution >= 0.6 is 0 Å². The molecule has 0 aromatic rings. The van der Waals surface area contributed by atoms with Crippen LogP contribution < -0.4 is 5.73 Å². The Labute approximate surface area is 199 Å². The molecular formula is C28H50N2O2. The van der Waals surface area contributed by atoms with Gasteiger partial charge >= 0.3 is 0 Å². The van der Waals surface area contributed by atoms with Crippen molar-refractivity contribution in [2.45, 2.75) is 93.4 Å². The minimum atomic E-state index is -0.0192. The van der Waals surface area contributed by atoms with Gasteiger partial charge in [0.05, 0.1) is 17.1 Å². The van der Waals surface area contributed by atoms with E-state index in [-0.39, 0.29) is 5.78 Å². The molecule has 184 valence electrons. The standard InChI is InChI=1S/C19H28N2O.C5H10.C2H6O.C2H6/c1-7-9-10-11-12-14(3)15(4)21-16(5)19(20)13-18(8-2)17(6)22;1-2-4-5-3-1;1-3-2;1-2/h8,10-13H,4,7,9,20H2,1-3,5-6H3;1-5H2;1-2H3;1-2H3/b11-10-,14-12+,18-8+,19-13+,21-16?;;;. The fourth-order valence-electron chi connectivity index (χ4n) is 2.47. The minimum absolute atomic E-state index is 0.0192. The molecule has 0 radical (unpaired) electrons. The third-order valence-corrected chi connectivity index (χ3v) is 4.39. The van der Waals surface area contributed by atoms with E-state index in [2.05, 4.69) is 29.3 Å². The van der Waals surface area contributed by atoms with Gasteiger partial charge in [0.15, 0.2) is 5.78 Å². The van der Waals surface area contributed by atoms with Gasteiger partial charge < -0.3 is 10.5 Å². The van der Waals surface area contributed by atoms with Gasteiger partial charge in [0.2, 0.25) is 0 Å². The Morgan fingerprint density at radius 3 is 1.91 bits per heavy atom. The fraction of sp³-hybridized carbons (Fsp3) is 0.571. The molecule has 0 bridgehead atoms. The lowest BCUT2D eigenvalue weighted by Gasteiger charge is -2.05. The van der Waals surface area contributed by atoms with Crippen molar-refractivity contribution in [1.82, 2.24) is 0 Å². The van der Waals surface area contributed by atoms with Crippen LogP contribution in [0.5, 0.6) is 0 Å². The number of carbonyl (C=O) groups is 1. The van der Waals surface area contributed by atoms with E-state index in [9.17, 15) is 4.79 Å². The first-order chi connectivity index (χ1) is 15.2. The van der Waals surface area contributed by atoms with Crippen LogP contribution in [-0.2, 0) is 9.53 Å². The van der Waals surface area contributed by atoms with Crippen molar-refractivity contribution in [3.8, 4) is 0 Å². The van der Waals surface area contributed by atoms with E-state index in [1.54, 1.807) is 33.3 Å². The molecular weight excluding hydrogens is 396 g/mol. The summed E-state index contributed by atoms with van der Waals surface area (Å²) < 4.78 is 4.25. The van der Waals surface area contributed by atoms with Crippen LogP contribution in [0.2, 0.25) is 0 Å². The summed E-state index contributed by atoms with van der Waals surface area (Å²) in [6.07, 6.45) is 19.2. The normalized spacial score (nSPS) is 14.5. The number of nitrogens with two attached hydrogens (primary N) is 1. The maximum absolute atomic E-state index is 11.4. The first-order valence-corrected chi connectivity index (χ1v) is 11.9. The van der Waals surface area contributed by atoms with Crippen LogP contribution in [0.4, 0.5) is 0 Å². The highest BCUT2D eigenvalue weighted by atomic mass is 16.4. The Balaban J connectivity index is -0.000000692. The molecule has 2 N–H and O–H groups in total. The molecule has 0 aromatic carbocycles. The Morgan fingerprint density at radius 2 is 1.53 bits per heavy atom. The molecule has 1 aliphatic rings. The summed E-state index contributed by atoms with van der Waals surface area (Å²) in [4.78, 5) is 15.8. The van der Waals surface area contributed by atoms with Gasteiger partial charge in [-0.25, -0.2) is 0 Å². The first-order valence-electron chi connectivity index (χ1n) is 11.9. The lowest BCUT2D eigenvalue weighted by Crippen LogP contribution is -2.10. The number of allylic oxidation sites excluding steroid dienone is 8. The zero-order chi connectivity index (χ0) is 25.4. The third kappa shape index (κ3) is 21.0. The summed E-state index contributed by atoms with van der Waals surface area (Å²) in [6.45, 7) is 17.2. The van der Waals surface area contributed by atoms with Crippen LogP contribution in [0.3, 0.4) is 0 Å². The zero-order valence-corrected chi connectivity index (χ0v) is 22.4. The van der Waals surface area contributed by atoms with Crippen LogP contribution in [0, 0.1) is 0 Å². The van der Waals surface area contributed by atoms with Crippen LogP contribution in [-0.4, -0.2) is 25.7 Å². The first kappa shape index (κ1) is 34.4. The number of hydrogen-bond acceptors (Lipinski definition) is 4. The van der Waals surface area contributed by atoms with E-state index < -0.39 is 0 Å². The number of Topliss-reactive ketones (excluding diaryl/α,β-unsaturated/α-hetero) is 1. The highest BCUT2D eigenvalue weighted by Gasteiger charge is 2.03. The van der Waals surface area contributed by atoms with Crippen molar-refractivity contribution >= 4 is 11.5 Å². The number of methoxy groups -OCH3 is 1. The van der Waals surface area contributed by atoms with E-state index in [0.717, 1.165) is 18.4 Å². The highest BCUT2D eigenvalue weighted by molar-refractivity contribution is 6.02. The van der Waals surface area contributed by atoms with E-state index in [1.807, 2.05) is 39.8 Å². The minimum Gasteiger partial charge on any atom is -0.397 e. The highest BCUT2D eigenvalue weighted by Crippen LogP contribution is 2.15.